The lowest BCUT2D eigenvalue weighted by Gasteiger charge is -2.24. The predicted molar refractivity (Wildman–Crippen MR) is 90.3 cm³/mol. The Kier molecular flexibility index (Phi) is 4.68. The van der Waals surface area contributed by atoms with Crippen LogP contribution in [0.5, 0.6) is 5.75 Å². The second-order valence-electron chi connectivity index (χ2n) is 5.72. The summed E-state index contributed by atoms with van der Waals surface area (Å²) < 4.78 is 5.96. The maximum atomic E-state index is 9.69. The van der Waals surface area contributed by atoms with Crippen LogP contribution in [0.1, 0.15) is 30.3 Å². The Bertz CT molecular complexity index is 706. The van der Waals surface area contributed by atoms with Crippen molar-refractivity contribution in [1.29, 1.82) is 0 Å². The number of guanidine groups is 1. The standard InChI is InChI=1S/C16H23N5O2/c17-16(18)20-6-1-2-8-23-15-14-11(5-7-19-15)12-9-10(22)3-4-13(12)21-14/h3-4,9,15,19,21-22H,1-2,5-8H2,(H4,17,18,20). The van der Waals surface area contributed by atoms with Gasteiger partial charge in [-0.1, -0.05) is 0 Å². The fraction of sp³-hybridized carbons (Fsp3) is 0.438. The van der Waals surface area contributed by atoms with Crippen molar-refractivity contribution < 1.29 is 9.84 Å². The predicted octanol–water partition coefficient (Wildman–Crippen LogP) is 1.09. The molecule has 23 heavy (non-hydrogen) atoms. The molecule has 124 valence electrons. The molecule has 7 heteroatoms. The molecule has 1 aliphatic heterocycles. The maximum Gasteiger partial charge on any atom is 0.185 e. The number of benzene rings is 1. The number of ether oxygens (including phenoxy) is 1. The number of H-pyrrole nitrogens is 1. The van der Waals surface area contributed by atoms with Crippen LogP contribution in [-0.4, -0.2) is 35.7 Å². The van der Waals surface area contributed by atoms with Gasteiger partial charge in [-0.3, -0.25) is 10.3 Å². The number of unbranched alkanes of at least 4 members (excludes halogenated alkanes) is 1. The van der Waals surface area contributed by atoms with E-state index in [1.165, 1.54) is 5.56 Å². The summed E-state index contributed by atoms with van der Waals surface area (Å²) in [5.74, 6) is 0.417. The first-order chi connectivity index (χ1) is 11.1. The molecule has 1 unspecified atom stereocenters. The van der Waals surface area contributed by atoms with Gasteiger partial charge in [0.25, 0.3) is 0 Å². The highest BCUT2D eigenvalue weighted by Gasteiger charge is 2.24. The van der Waals surface area contributed by atoms with Crippen molar-refractivity contribution >= 4 is 16.9 Å². The van der Waals surface area contributed by atoms with Crippen LogP contribution in [0.2, 0.25) is 0 Å². The molecule has 2 heterocycles. The van der Waals surface area contributed by atoms with E-state index in [9.17, 15) is 5.11 Å². The van der Waals surface area contributed by atoms with Gasteiger partial charge in [0.2, 0.25) is 0 Å². The quantitative estimate of drug-likeness (QED) is 0.310. The maximum absolute atomic E-state index is 9.69. The van der Waals surface area contributed by atoms with Crippen molar-refractivity contribution in [3.05, 3.63) is 29.5 Å². The Labute approximate surface area is 134 Å². The summed E-state index contributed by atoms with van der Waals surface area (Å²) in [6.07, 6.45) is 2.56. The van der Waals surface area contributed by atoms with Crippen LogP contribution < -0.4 is 16.8 Å². The molecule has 0 saturated carbocycles. The van der Waals surface area contributed by atoms with Gasteiger partial charge in [0.05, 0.1) is 5.69 Å². The van der Waals surface area contributed by atoms with Gasteiger partial charge in [-0.15, -0.1) is 0 Å². The number of nitrogens with zero attached hydrogens (tertiary/aromatic N) is 1. The molecule has 1 aromatic carbocycles. The number of hydrogen-bond acceptors (Lipinski definition) is 4. The van der Waals surface area contributed by atoms with Gasteiger partial charge < -0.3 is 26.3 Å². The van der Waals surface area contributed by atoms with E-state index in [0.29, 0.717) is 13.2 Å². The minimum atomic E-state index is -0.142. The van der Waals surface area contributed by atoms with Crippen molar-refractivity contribution in [2.45, 2.75) is 25.5 Å². The smallest absolute Gasteiger partial charge is 0.185 e. The fourth-order valence-electron chi connectivity index (χ4n) is 2.95. The molecule has 1 atom stereocenters. The summed E-state index contributed by atoms with van der Waals surface area (Å²) in [4.78, 5) is 7.36. The SMILES string of the molecule is NC(N)=NCCCCOC1NCCc2c1[nH]c1ccc(O)cc21. The van der Waals surface area contributed by atoms with E-state index in [2.05, 4.69) is 15.3 Å². The molecule has 0 fully saturated rings. The van der Waals surface area contributed by atoms with Crippen LogP contribution in [-0.2, 0) is 11.2 Å². The zero-order chi connectivity index (χ0) is 16.2. The van der Waals surface area contributed by atoms with Crippen LogP contribution in [0.4, 0.5) is 0 Å². The zero-order valence-corrected chi connectivity index (χ0v) is 13.0. The largest absolute Gasteiger partial charge is 0.508 e. The van der Waals surface area contributed by atoms with E-state index in [1.807, 2.05) is 12.1 Å². The van der Waals surface area contributed by atoms with E-state index in [4.69, 9.17) is 16.2 Å². The number of rotatable bonds is 6. The number of fused-ring (bicyclic) bond motifs is 3. The molecule has 0 bridgehead atoms. The molecule has 3 rings (SSSR count). The van der Waals surface area contributed by atoms with Crippen LogP contribution in [0.25, 0.3) is 10.9 Å². The number of hydrogen-bond donors (Lipinski definition) is 5. The van der Waals surface area contributed by atoms with Gasteiger partial charge in [0.1, 0.15) is 12.0 Å². The van der Waals surface area contributed by atoms with Gasteiger partial charge >= 0.3 is 0 Å². The first kappa shape index (κ1) is 15.6. The molecule has 0 spiro atoms. The summed E-state index contributed by atoms with van der Waals surface area (Å²) in [6, 6.07) is 5.40. The first-order valence-electron chi connectivity index (χ1n) is 7.89. The number of aromatic nitrogens is 1. The van der Waals surface area contributed by atoms with Gasteiger partial charge in [-0.05, 0) is 43.0 Å². The normalized spacial score (nSPS) is 17.1. The Hall–Kier alpha value is -2.25. The van der Waals surface area contributed by atoms with Crippen molar-refractivity contribution in [2.75, 3.05) is 19.7 Å². The van der Waals surface area contributed by atoms with Crippen LogP contribution in [0, 0.1) is 0 Å². The lowest BCUT2D eigenvalue weighted by atomic mass is 10.0. The average Bonchev–Trinajstić information content (AvgIpc) is 2.89. The van der Waals surface area contributed by atoms with Crippen molar-refractivity contribution in [3.8, 4) is 5.75 Å². The van der Waals surface area contributed by atoms with Gasteiger partial charge in [-0.25, -0.2) is 0 Å². The van der Waals surface area contributed by atoms with Gasteiger partial charge in [0, 0.05) is 30.6 Å². The molecule has 0 radical (unpaired) electrons. The van der Waals surface area contributed by atoms with Crippen molar-refractivity contribution in [2.24, 2.45) is 16.5 Å². The molecule has 1 aromatic heterocycles. The first-order valence-corrected chi connectivity index (χ1v) is 7.89. The van der Waals surface area contributed by atoms with E-state index >= 15 is 0 Å². The second kappa shape index (κ2) is 6.89. The summed E-state index contributed by atoms with van der Waals surface area (Å²) in [5, 5.41) is 14.1. The Morgan fingerprint density at radius 1 is 1.35 bits per heavy atom. The molecule has 0 saturated heterocycles. The molecule has 2 aromatic rings. The number of aliphatic imine (C=N–C) groups is 1. The van der Waals surface area contributed by atoms with Gasteiger partial charge in [-0.2, -0.15) is 0 Å². The lowest BCUT2D eigenvalue weighted by molar-refractivity contribution is 0.0201. The second-order valence-corrected chi connectivity index (χ2v) is 5.72. The number of phenolic OH excluding ortho intramolecular Hbond substituents is 1. The minimum absolute atomic E-state index is 0.130. The van der Waals surface area contributed by atoms with Gasteiger partial charge in [0.15, 0.2) is 5.96 Å². The highest BCUT2D eigenvalue weighted by atomic mass is 16.5. The third-order valence-corrected chi connectivity index (χ3v) is 4.02. The van der Waals surface area contributed by atoms with E-state index < -0.39 is 0 Å². The number of nitrogens with one attached hydrogen (secondary N) is 2. The number of phenols is 1. The average molecular weight is 317 g/mol. The molecule has 1 aliphatic rings. The highest BCUT2D eigenvalue weighted by Crippen LogP contribution is 2.32. The molecule has 7 nitrogen and oxygen atoms in total. The highest BCUT2D eigenvalue weighted by molar-refractivity contribution is 5.86. The zero-order valence-electron chi connectivity index (χ0n) is 13.0. The summed E-state index contributed by atoms with van der Waals surface area (Å²) in [7, 11) is 0. The minimum Gasteiger partial charge on any atom is -0.508 e. The van der Waals surface area contributed by atoms with E-state index in [0.717, 1.165) is 42.4 Å². The van der Waals surface area contributed by atoms with E-state index in [-0.39, 0.29) is 17.9 Å². The monoisotopic (exact) mass is 317 g/mol. The van der Waals surface area contributed by atoms with Crippen LogP contribution in [0.15, 0.2) is 23.2 Å². The summed E-state index contributed by atoms with van der Waals surface area (Å²) >= 11 is 0. The molecule has 0 amide bonds. The molecule has 7 N–H and O–H groups in total. The topological polar surface area (TPSA) is 122 Å². The van der Waals surface area contributed by atoms with Crippen molar-refractivity contribution in [3.63, 3.8) is 0 Å². The Morgan fingerprint density at radius 3 is 3.04 bits per heavy atom. The Morgan fingerprint density at radius 2 is 2.22 bits per heavy atom. The molecular formula is C16H23N5O2. The molecule has 0 aliphatic carbocycles. The number of aromatic hydroxyl groups is 1. The summed E-state index contributed by atoms with van der Waals surface area (Å²) in [5.41, 5.74) is 13.9. The summed E-state index contributed by atoms with van der Waals surface area (Å²) in [6.45, 7) is 2.12. The lowest BCUT2D eigenvalue weighted by Crippen LogP contribution is -2.31. The molecular weight excluding hydrogens is 294 g/mol. The third kappa shape index (κ3) is 3.57. The fourth-order valence-corrected chi connectivity index (χ4v) is 2.95. The number of aromatic amines is 1. The third-order valence-electron chi connectivity index (χ3n) is 4.02. The van der Waals surface area contributed by atoms with E-state index in [1.54, 1.807) is 6.07 Å². The van der Waals surface area contributed by atoms with Crippen LogP contribution >= 0.6 is 0 Å². The Balaban J connectivity index is 1.63. The van der Waals surface area contributed by atoms with Crippen LogP contribution in [0.3, 0.4) is 0 Å². The number of nitrogens with two attached hydrogens (primary N) is 2. The van der Waals surface area contributed by atoms with Crippen molar-refractivity contribution in [1.82, 2.24) is 10.3 Å².